The monoisotopic (exact) mass is 401 g/mol. The Kier molecular flexibility index (Phi) is 9.47. The van der Waals surface area contributed by atoms with Gasteiger partial charge in [-0.1, -0.05) is 26.0 Å². The lowest BCUT2D eigenvalue weighted by molar-refractivity contribution is -0.127. The summed E-state index contributed by atoms with van der Waals surface area (Å²) in [5.41, 5.74) is 1.84. The number of benzene rings is 1. The summed E-state index contributed by atoms with van der Waals surface area (Å²) in [6, 6.07) is 7.80. The van der Waals surface area contributed by atoms with Gasteiger partial charge >= 0.3 is 0 Å². The molecule has 160 valence electrons. The molecule has 1 saturated heterocycles. The third kappa shape index (κ3) is 7.75. The van der Waals surface area contributed by atoms with Gasteiger partial charge in [-0.05, 0) is 43.9 Å². The highest BCUT2D eigenvalue weighted by Gasteiger charge is 2.18. The summed E-state index contributed by atoms with van der Waals surface area (Å²) in [7, 11) is 0. The third-order valence-electron chi connectivity index (χ3n) is 5.09. The van der Waals surface area contributed by atoms with Crippen LogP contribution >= 0.6 is 0 Å². The van der Waals surface area contributed by atoms with E-state index in [1.54, 1.807) is 0 Å². The van der Waals surface area contributed by atoms with Crippen LogP contribution in [-0.2, 0) is 16.1 Å². The van der Waals surface area contributed by atoms with Gasteiger partial charge in [0.25, 0.3) is 0 Å². The first kappa shape index (κ1) is 22.7. The van der Waals surface area contributed by atoms with Crippen molar-refractivity contribution in [3.8, 4) is 0 Å². The molecule has 1 aliphatic heterocycles. The van der Waals surface area contributed by atoms with Crippen LogP contribution in [-0.4, -0.2) is 48.9 Å². The highest BCUT2D eigenvalue weighted by atomic mass is 16.2. The van der Waals surface area contributed by atoms with Gasteiger partial charge in [-0.2, -0.15) is 0 Å². The van der Waals surface area contributed by atoms with Crippen LogP contribution in [0.5, 0.6) is 0 Å². The summed E-state index contributed by atoms with van der Waals surface area (Å²) < 4.78 is 0. The van der Waals surface area contributed by atoms with Crippen LogP contribution in [0.1, 0.15) is 52.0 Å². The summed E-state index contributed by atoms with van der Waals surface area (Å²) in [6.07, 6.45) is 3.38. The Morgan fingerprint density at radius 2 is 2.10 bits per heavy atom. The molecule has 1 aromatic carbocycles. The first-order valence-electron chi connectivity index (χ1n) is 10.7. The molecule has 1 fully saturated rings. The van der Waals surface area contributed by atoms with Gasteiger partial charge in [0.05, 0.1) is 6.54 Å². The fourth-order valence-electron chi connectivity index (χ4n) is 3.13. The minimum Gasteiger partial charge on any atom is -0.357 e. The summed E-state index contributed by atoms with van der Waals surface area (Å²) in [5.74, 6) is 1.07. The van der Waals surface area contributed by atoms with Crippen molar-refractivity contribution in [1.29, 1.82) is 0 Å². The van der Waals surface area contributed by atoms with E-state index in [2.05, 4.69) is 20.9 Å². The second-order valence-corrected chi connectivity index (χ2v) is 7.46. The Bertz CT molecular complexity index is 704. The summed E-state index contributed by atoms with van der Waals surface area (Å²) in [4.78, 5) is 30.3. The number of aliphatic imine (C=N–C) groups is 1. The molecule has 0 aliphatic carbocycles. The number of nitrogens with zero attached hydrogens (tertiary/aromatic N) is 2. The van der Waals surface area contributed by atoms with Gasteiger partial charge in [-0.3, -0.25) is 9.59 Å². The number of anilines is 1. The van der Waals surface area contributed by atoms with Gasteiger partial charge in [-0.15, -0.1) is 0 Å². The largest absolute Gasteiger partial charge is 0.357 e. The van der Waals surface area contributed by atoms with E-state index in [1.807, 2.05) is 49.9 Å². The minimum atomic E-state index is -0.00270. The smallest absolute Gasteiger partial charge is 0.227 e. The zero-order valence-electron chi connectivity index (χ0n) is 18.0. The number of carbonyl (C=O) groups excluding carboxylic acids is 2. The molecule has 1 heterocycles. The number of rotatable bonds is 10. The van der Waals surface area contributed by atoms with Crippen LogP contribution in [0.3, 0.4) is 0 Å². The van der Waals surface area contributed by atoms with Crippen LogP contribution < -0.4 is 16.0 Å². The molecule has 3 N–H and O–H groups in total. The van der Waals surface area contributed by atoms with E-state index in [0.717, 1.165) is 62.7 Å². The number of hydrogen-bond acceptors (Lipinski definition) is 3. The lowest BCUT2D eigenvalue weighted by Crippen LogP contribution is -2.39. The van der Waals surface area contributed by atoms with Gasteiger partial charge < -0.3 is 20.9 Å². The summed E-state index contributed by atoms with van der Waals surface area (Å²) in [5, 5.41) is 9.55. The molecular weight excluding hydrogens is 366 g/mol. The first-order chi connectivity index (χ1) is 14.0. The average Bonchev–Trinajstić information content (AvgIpc) is 3.13. The summed E-state index contributed by atoms with van der Waals surface area (Å²) in [6.45, 7) is 9.71. The van der Waals surface area contributed by atoms with Crippen molar-refractivity contribution in [3.63, 3.8) is 0 Å². The number of hydrogen-bond donors (Lipinski definition) is 3. The molecule has 29 heavy (non-hydrogen) atoms. The van der Waals surface area contributed by atoms with E-state index in [1.165, 1.54) is 0 Å². The van der Waals surface area contributed by atoms with Crippen molar-refractivity contribution in [2.24, 2.45) is 10.9 Å². The highest BCUT2D eigenvalue weighted by Crippen LogP contribution is 2.14. The van der Waals surface area contributed by atoms with Crippen molar-refractivity contribution in [2.75, 3.05) is 31.5 Å². The van der Waals surface area contributed by atoms with Gasteiger partial charge in [-0.25, -0.2) is 4.99 Å². The van der Waals surface area contributed by atoms with Crippen molar-refractivity contribution < 1.29 is 9.59 Å². The van der Waals surface area contributed by atoms with E-state index in [-0.39, 0.29) is 17.7 Å². The molecule has 1 aliphatic rings. The fourth-order valence-corrected chi connectivity index (χ4v) is 3.13. The Morgan fingerprint density at radius 1 is 1.28 bits per heavy atom. The van der Waals surface area contributed by atoms with Crippen LogP contribution in [0.25, 0.3) is 0 Å². The Labute approximate surface area is 174 Å². The van der Waals surface area contributed by atoms with Crippen LogP contribution in [0.15, 0.2) is 29.3 Å². The molecular formula is C22H35N5O2. The SMILES string of the molecule is CCNC(=NCc1cccc(NC(=O)C(C)CC)c1)NCCCN1CCCC1=O. The second kappa shape index (κ2) is 12.1. The molecule has 0 aromatic heterocycles. The Morgan fingerprint density at radius 3 is 2.79 bits per heavy atom. The first-order valence-corrected chi connectivity index (χ1v) is 10.7. The lowest BCUT2D eigenvalue weighted by atomic mass is 10.1. The normalized spacial score (nSPS) is 15.3. The number of likely N-dealkylation sites (tertiary alicyclic amines) is 1. The Hall–Kier alpha value is -2.57. The van der Waals surface area contributed by atoms with Crippen molar-refractivity contribution in [3.05, 3.63) is 29.8 Å². The maximum atomic E-state index is 12.1. The molecule has 1 atom stereocenters. The van der Waals surface area contributed by atoms with Crippen LogP contribution in [0.2, 0.25) is 0 Å². The van der Waals surface area contributed by atoms with Crippen molar-refractivity contribution >= 4 is 23.5 Å². The summed E-state index contributed by atoms with van der Waals surface area (Å²) >= 11 is 0. The maximum Gasteiger partial charge on any atom is 0.227 e. The zero-order chi connectivity index (χ0) is 21.1. The number of nitrogens with one attached hydrogen (secondary N) is 3. The van der Waals surface area contributed by atoms with Gasteiger partial charge in [0.2, 0.25) is 11.8 Å². The molecule has 0 spiro atoms. The third-order valence-corrected chi connectivity index (χ3v) is 5.09. The van der Waals surface area contributed by atoms with E-state index >= 15 is 0 Å². The van der Waals surface area contributed by atoms with Gasteiger partial charge in [0.1, 0.15) is 0 Å². The fraction of sp³-hybridized carbons (Fsp3) is 0.591. The molecule has 1 unspecified atom stereocenters. The molecule has 0 saturated carbocycles. The zero-order valence-corrected chi connectivity index (χ0v) is 18.0. The highest BCUT2D eigenvalue weighted by molar-refractivity contribution is 5.92. The van der Waals surface area contributed by atoms with Crippen molar-refractivity contribution in [2.45, 2.75) is 53.0 Å². The lowest BCUT2D eigenvalue weighted by Gasteiger charge is -2.16. The molecule has 0 bridgehead atoms. The molecule has 0 radical (unpaired) electrons. The molecule has 1 aromatic rings. The van der Waals surface area contributed by atoms with Crippen LogP contribution in [0.4, 0.5) is 5.69 Å². The van der Waals surface area contributed by atoms with Crippen molar-refractivity contribution in [1.82, 2.24) is 15.5 Å². The standard InChI is InChI=1S/C22H35N5O2/c1-4-17(3)21(29)26-19-10-6-9-18(15-19)16-25-22(23-5-2)24-12-8-14-27-13-7-11-20(27)28/h6,9-10,15,17H,4-5,7-8,11-14,16H2,1-3H3,(H,26,29)(H2,23,24,25). The predicted molar refractivity (Wildman–Crippen MR) is 118 cm³/mol. The second-order valence-electron chi connectivity index (χ2n) is 7.46. The van der Waals surface area contributed by atoms with E-state index in [0.29, 0.717) is 13.0 Å². The maximum absolute atomic E-state index is 12.1. The molecule has 7 nitrogen and oxygen atoms in total. The molecule has 2 amide bonds. The van der Waals surface area contributed by atoms with E-state index in [4.69, 9.17) is 0 Å². The topological polar surface area (TPSA) is 85.8 Å². The van der Waals surface area contributed by atoms with Crippen LogP contribution in [0, 0.1) is 5.92 Å². The van der Waals surface area contributed by atoms with Gasteiger partial charge in [0.15, 0.2) is 5.96 Å². The van der Waals surface area contributed by atoms with Gasteiger partial charge in [0, 0.05) is 44.2 Å². The Balaban J connectivity index is 1.84. The van der Waals surface area contributed by atoms with E-state index < -0.39 is 0 Å². The molecule has 2 rings (SSSR count). The van der Waals surface area contributed by atoms with E-state index in [9.17, 15) is 9.59 Å². The predicted octanol–water partition coefficient (Wildman–Crippen LogP) is 2.74. The average molecular weight is 402 g/mol. The molecule has 7 heteroatoms. The quantitative estimate of drug-likeness (QED) is 0.320. The number of amides is 2. The minimum absolute atomic E-state index is 0.00270. The number of guanidine groups is 1. The number of carbonyl (C=O) groups is 2.